The minimum atomic E-state index is -3.77. The fourth-order valence-electron chi connectivity index (χ4n) is 3.84. The standard InChI is InChI=1S/C23H26N2O4S/c1-16-9-11-17(12-10-16)30(27,28)25-20-8-6-5-7-18(20)19-15-24(14-13-21(19)25)22(26)29-23(2,3)4/h5-12H,13-15H2,1-4H3. The van der Waals surface area contributed by atoms with Gasteiger partial charge >= 0.3 is 6.09 Å². The highest BCUT2D eigenvalue weighted by molar-refractivity contribution is 7.90. The number of rotatable bonds is 2. The summed E-state index contributed by atoms with van der Waals surface area (Å²) in [5.74, 6) is 0. The Kier molecular flexibility index (Phi) is 4.89. The minimum absolute atomic E-state index is 0.256. The van der Waals surface area contributed by atoms with Crippen molar-refractivity contribution in [1.29, 1.82) is 0 Å². The van der Waals surface area contributed by atoms with Crippen LogP contribution in [0.1, 0.15) is 37.6 Å². The van der Waals surface area contributed by atoms with Crippen LogP contribution < -0.4 is 0 Å². The number of aromatic nitrogens is 1. The first kappa shape index (κ1) is 20.5. The Hall–Kier alpha value is -2.80. The molecule has 2 aromatic carbocycles. The second-order valence-corrected chi connectivity index (χ2v) is 10.5. The highest BCUT2D eigenvalue weighted by Crippen LogP contribution is 2.34. The number of aryl methyl sites for hydroxylation is 1. The van der Waals surface area contributed by atoms with E-state index in [1.807, 2.05) is 52.0 Å². The molecule has 1 aliphatic rings. The molecule has 1 aromatic heterocycles. The number of amides is 1. The lowest BCUT2D eigenvalue weighted by Gasteiger charge is -2.30. The topological polar surface area (TPSA) is 68.6 Å². The fourth-order valence-corrected chi connectivity index (χ4v) is 5.44. The summed E-state index contributed by atoms with van der Waals surface area (Å²) >= 11 is 0. The molecule has 2 heterocycles. The molecule has 0 saturated carbocycles. The average molecular weight is 427 g/mol. The maximum atomic E-state index is 13.6. The number of benzene rings is 2. The first-order valence-electron chi connectivity index (χ1n) is 9.99. The van der Waals surface area contributed by atoms with Crippen molar-refractivity contribution in [3.63, 3.8) is 0 Å². The molecule has 30 heavy (non-hydrogen) atoms. The number of nitrogens with zero attached hydrogens (tertiary/aromatic N) is 2. The van der Waals surface area contributed by atoms with E-state index in [0.717, 1.165) is 22.2 Å². The summed E-state index contributed by atoms with van der Waals surface area (Å²) in [6.07, 6.45) is 0.0558. The first-order chi connectivity index (χ1) is 14.1. The van der Waals surface area contributed by atoms with E-state index < -0.39 is 15.6 Å². The number of carbonyl (C=O) groups excluding carboxylic acids is 1. The van der Waals surface area contributed by atoms with E-state index in [2.05, 4.69) is 0 Å². The van der Waals surface area contributed by atoms with Crippen molar-refractivity contribution >= 4 is 27.0 Å². The van der Waals surface area contributed by atoms with Gasteiger partial charge in [-0.1, -0.05) is 35.9 Å². The number of carbonyl (C=O) groups is 1. The van der Waals surface area contributed by atoms with Gasteiger partial charge in [-0.2, -0.15) is 0 Å². The molecule has 3 aromatic rings. The highest BCUT2D eigenvalue weighted by atomic mass is 32.2. The lowest BCUT2D eigenvalue weighted by Crippen LogP contribution is -2.40. The normalized spacial score (nSPS) is 14.6. The molecule has 1 amide bonds. The smallest absolute Gasteiger partial charge is 0.410 e. The van der Waals surface area contributed by atoms with Gasteiger partial charge in [-0.05, 0) is 45.9 Å². The van der Waals surface area contributed by atoms with Gasteiger partial charge < -0.3 is 9.64 Å². The Morgan fingerprint density at radius 2 is 1.70 bits per heavy atom. The van der Waals surface area contributed by atoms with Crippen molar-refractivity contribution in [2.75, 3.05) is 6.54 Å². The van der Waals surface area contributed by atoms with E-state index in [1.54, 1.807) is 29.2 Å². The number of hydrogen-bond acceptors (Lipinski definition) is 4. The van der Waals surface area contributed by atoms with Crippen molar-refractivity contribution in [3.05, 3.63) is 65.4 Å². The Bertz CT molecular complexity index is 1220. The Morgan fingerprint density at radius 3 is 2.37 bits per heavy atom. The maximum absolute atomic E-state index is 13.6. The zero-order chi connectivity index (χ0) is 21.7. The van der Waals surface area contributed by atoms with E-state index in [9.17, 15) is 13.2 Å². The summed E-state index contributed by atoms with van der Waals surface area (Å²) in [5.41, 5.74) is 2.64. The van der Waals surface area contributed by atoms with E-state index in [1.165, 1.54) is 3.97 Å². The van der Waals surface area contributed by atoms with E-state index in [4.69, 9.17) is 4.74 Å². The summed E-state index contributed by atoms with van der Waals surface area (Å²) in [7, 11) is -3.77. The van der Waals surface area contributed by atoms with Crippen molar-refractivity contribution in [2.24, 2.45) is 0 Å². The van der Waals surface area contributed by atoms with Crippen LogP contribution in [0.15, 0.2) is 53.4 Å². The van der Waals surface area contributed by atoms with Gasteiger partial charge in [-0.15, -0.1) is 0 Å². The van der Waals surface area contributed by atoms with Crippen molar-refractivity contribution in [1.82, 2.24) is 8.87 Å². The monoisotopic (exact) mass is 426 g/mol. The zero-order valence-corrected chi connectivity index (χ0v) is 18.5. The molecule has 0 N–H and O–H groups in total. The summed E-state index contributed by atoms with van der Waals surface area (Å²) in [5, 5.41) is 0.844. The van der Waals surface area contributed by atoms with Crippen LogP contribution >= 0.6 is 0 Å². The van der Waals surface area contributed by atoms with Crippen molar-refractivity contribution < 1.29 is 17.9 Å². The van der Waals surface area contributed by atoms with E-state index >= 15 is 0 Å². The number of fused-ring (bicyclic) bond motifs is 3. The highest BCUT2D eigenvalue weighted by Gasteiger charge is 2.33. The molecular weight excluding hydrogens is 400 g/mol. The number of ether oxygens (including phenoxy) is 1. The summed E-state index contributed by atoms with van der Waals surface area (Å²) in [6.45, 7) is 8.15. The summed E-state index contributed by atoms with van der Waals surface area (Å²) < 4.78 is 34.1. The Morgan fingerprint density at radius 1 is 1.03 bits per heavy atom. The van der Waals surface area contributed by atoms with Crippen LogP contribution in [-0.4, -0.2) is 35.5 Å². The van der Waals surface area contributed by atoms with Crippen LogP contribution in [-0.2, 0) is 27.7 Å². The largest absolute Gasteiger partial charge is 0.444 e. The lowest BCUT2D eigenvalue weighted by atomic mass is 10.1. The van der Waals surface area contributed by atoms with E-state index in [0.29, 0.717) is 25.0 Å². The van der Waals surface area contributed by atoms with Crippen molar-refractivity contribution in [2.45, 2.75) is 51.2 Å². The van der Waals surface area contributed by atoms with Crippen LogP contribution in [0.25, 0.3) is 10.9 Å². The van der Waals surface area contributed by atoms with Crippen LogP contribution in [0.3, 0.4) is 0 Å². The summed E-state index contributed by atoms with van der Waals surface area (Å²) in [4.78, 5) is 14.5. The predicted molar refractivity (Wildman–Crippen MR) is 116 cm³/mol. The first-order valence-corrected chi connectivity index (χ1v) is 11.4. The fraction of sp³-hybridized carbons (Fsp3) is 0.348. The molecule has 7 heteroatoms. The maximum Gasteiger partial charge on any atom is 0.410 e. The molecule has 0 aliphatic carbocycles. The number of para-hydroxylation sites is 1. The van der Waals surface area contributed by atoms with Gasteiger partial charge in [0.1, 0.15) is 5.60 Å². The molecule has 6 nitrogen and oxygen atoms in total. The second kappa shape index (κ2) is 7.16. The SMILES string of the molecule is Cc1ccc(S(=O)(=O)n2c3c(c4ccccc42)CN(C(=O)OC(C)(C)C)CC3)cc1. The molecule has 0 bridgehead atoms. The van der Waals surface area contributed by atoms with Crippen LogP contribution in [0.4, 0.5) is 4.79 Å². The third-order valence-electron chi connectivity index (χ3n) is 5.22. The van der Waals surface area contributed by atoms with E-state index in [-0.39, 0.29) is 11.0 Å². The van der Waals surface area contributed by atoms with Gasteiger partial charge in [0.2, 0.25) is 0 Å². The van der Waals surface area contributed by atoms with Gasteiger partial charge in [-0.25, -0.2) is 17.2 Å². The van der Waals surface area contributed by atoms with Gasteiger partial charge in [0.05, 0.1) is 17.0 Å². The molecule has 1 aliphatic heterocycles. The van der Waals surface area contributed by atoms with Gasteiger partial charge in [0, 0.05) is 29.6 Å². The third-order valence-corrected chi connectivity index (χ3v) is 6.99. The molecule has 0 fully saturated rings. The molecule has 4 rings (SSSR count). The van der Waals surface area contributed by atoms with Crippen LogP contribution in [0.2, 0.25) is 0 Å². The Balaban J connectivity index is 1.82. The average Bonchev–Trinajstić information content (AvgIpc) is 3.01. The Labute approximate surface area is 177 Å². The minimum Gasteiger partial charge on any atom is -0.444 e. The molecule has 0 saturated heterocycles. The molecule has 0 radical (unpaired) electrons. The molecule has 158 valence electrons. The number of hydrogen-bond donors (Lipinski definition) is 0. The molecule has 0 unspecified atom stereocenters. The van der Waals surface area contributed by atoms with Gasteiger partial charge in [0.25, 0.3) is 10.0 Å². The van der Waals surface area contributed by atoms with Crippen LogP contribution in [0, 0.1) is 6.92 Å². The molecular formula is C23H26N2O4S. The molecule has 0 spiro atoms. The van der Waals surface area contributed by atoms with Crippen molar-refractivity contribution in [3.8, 4) is 0 Å². The predicted octanol–water partition coefficient (Wildman–Crippen LogP) is 4.48. The van der Waals surface area contributed by atoms with Crippen LogP contribution in [0.5, 0.6) is 0 Å². The summed E-state index contributed by atoms with van der Waals surface area (Å²) in [6, 6.07) is 14.3. The lowest BCUT2D eigenvalue weighted by molar-refractivity contribution is 0.0224. The van der Waals surface area contributed by atoms with Gasteiger partial charge in [0.15, 0.2) is 0 Å². The third kappa shape index (κ3) is 3.58. The quantitative estimate of drug-likeness (QED) is 0.606. The second-order valence-electron chi connectivity index (χ2n) is 8.68. The molecule has 0 atom stereocenters. The van der Waals surface area contributed by atoms with Gasteiger partial charge in [-0.3, -0.25) is 0 Å². The zero-order valence-electron chi connectivity index (χ0n) is 17.7.